The molecule has 36 heavy (non-hydrogen) atoms. The zero-order chi connectivity index (χ0) is 26.5. The maximum Gasteiger partial charge on any atom is 0.338 e. The van der Waals surface area contributed by atoms with Gasteiger partial charge in [-0.1, -0.05) is 30.3 Å². The number of methoxy groups -OCH3 is 1. The smallest absolute Gasteiger partial charge is 0.338 e. The highest BCUT2D eigenvalue weighted by Gasteiger charge is 2.34. The molecule has 196 valence electrons. The minimum absolute atomic E-state index is 0.0169. The fourth-order valence-electron chi connectivity index (χ4n) is 4.05. The summed E-state index contributed by atoms with van der Waals surface area (Å²) in [6.07, 6.45) is 0.339. The molecule has 3 rings (SSSR count). The van der Waals surface area contributed by atoms with Crippen LogP contribution in [-0.4, -0.2) is 82.8 Å². The Kier molecular flexibility index (Phi) is 8.75. The van der Waals surface area contributed by atoms with E-state index in [-0.39, 0.29) is 40.8 Å². The van der Waals surface area contributed by atoms with Crippen molar-refractivity contribution in [3.63, 3.8) is 0 Å². The molecule has 0 radical (unpaired) electrons. The molecular weight excluding hydrogens is 508 g/mol. The van der Waals surface area contributed by atoms with E-state index in [0.717, 1.165) is 15.9 Å². The van der Waals surface area contributed by atoms with E-state index < -0.39 is 44.4 Å². The average Bonchev–Trinajstić information content (AvgIpc) is 3.22. The van der Waals surface area contributed by atoms with Crippen LogP contribution in [0.25, 0.3) is 0 Å². The van der Waals surface area contributed by atoms with Crippen LogP contribution in [0, 0.1) is 0 Å². The molecule has 0 aliphatic carbocycles. The zero-order valence-corrected chi connectivity index (χ0v) is 22.0. The largest absolute Gasteiger partial charge is 0.495 e. The van der Waals surface area contributed by atoms with Crippen LogP contribution in [0.3, 0.4) is 0 Å². The maximum atomic E-state index is 13.3. The Morgan fingerprint density at radius 2 is 1.81 bits per heavy atom. The van der Waals surface area contributed by atoms with E-state index in [9.17, 15) is 26.4 Å². The predicted octanol–water partition coefficient (Wildman–Crippen LogP) is 1.71. The lowest BCUT2D eigenvalue weighted by atomic mass is 10.2. The fourth-order valence-corrected chi connectivity index (χ4v) is 7.12. The summed E-state index contributed by atoms with van der Waals surface area (Å²) in [6, 6.07) is 12.4. The third kappa shape index (κ3) is 6.42. The Balaban J connectivity index is 1.74. The summed E-state index contributed by atoms with van der Waals surface area (Å²) >= 11 is 0. The number of sulfonamides is 1. The first-order chi connectivity index (χ1) is 17.0. The van der Waals surface area contributed by atoms with Gasteiger partial charge in [-0.15, -0.1) is 0 Å². The summed E-state index contributed by atoms with van der Waals surface area (Å²) in [7, 11) is -4.47. The van der Waals surface area contributed by atoms with E-state index >= 15 is 0 Å². The number of hydrogen-bond acceptors (Lipinski definition) is 8. The van der Waals surface area contributed by atoms with Crippen molar-refractivity contribution < 1.29 is 35.9 Å². The highest BCUT2D eigenvalue weighted by atomic mass is 32.2. The standard InChI is InChI=1S/C24H30N2O8S2/c1-4-26(20-12-13-35(29,30)17-20)23(27)16-34-24(28)19-10-11-21(33-3)22(14-19)36(31,32)25(2)15-18-8-6-5-7-9-18/h5-11,14,20H,4,12-13,15-17H2,1-3H3/t20-/m0/s1. The van der Waals surface area contributed by atoms with Gasteiger partial charge in [0.15, 0.2) is 16.4 Å². The summed E-state index contributed by atoms with van der Waals surface area (Å²) < 4.78 is 61.6. The van der Waals surface area contributed by atoms with Crippen LogP contribution < -0.4 is 4.74 Å². The van der Waals surface area contributed by atoms with Gasteiger partial charge in [-0.05, 0) is 37.1 Å². The lowest BCUT2D eigenvalue weighted by molar-refractivity contribution is -0.136. The van der Waals surface area contributed by atoms with E-state index in [1.165, 1.54) is 31.2 Å². The van der Waals surface area contributed by atoms with Crippen molar-refractivity contribution in [3.8, 4) is 5.75 Å². The van der Waals surface area contributed by atoms with Crippen LogP contribution in [0.1, 0.15) is 29.3 Å². The minimum atomic E-state index is -4.04. The fraction of sp³-hybridized carbons (Fsp3) is 0.417. The van der Waals surface area contributed by atoms with Crippen molar-refractivity contribution >= 4 is 31.7 Å². The minimum Gasteiger partial charge on any atom is -0.495 e. The zero-order valence-electron chi connectivity index (χ0n) is 20.4. The van der Waals surface area contributed by atoms with Crippen LogP contribution >= 0.6 is 0 Å². The Bertz CT molecular complexity index is 1310. The van der Waals surface area contributed by atoms with Crippen LogP contribution in [0.5, 0.6) is 5.75 Å². The molecule has 1 saturated heterocycles. The number of carbonyl (C=O) groups excluding carboxylic acids is 2. The van der Waals surface area contributed by atoms with Gasteiger partial charge in [-0.25, -0.2) is 21.6 Å². The van der Waals surface area contributed by atoms with Gasteiger partial charge < -0.3 is 14.4 Å². The lowest BCUT2D eigenvalue weighted by Gasteiger charge is -2.26. The first-order valence-corrected chi connectivity index (χ1v) is 14.6. The molecule has 1 atom stereocenters. The summed E-state index contributed by atoms with van der Waals surface area (Å²) in [4.78, 5) is 26.5. The second kappa shape index (κ2) is 11.4. The van der Waals surface area contributed by atoms with Crippen LogP contribution in [-0.2, 0) is 35.9 Å². The van der Waals surface area contributed by atoms with Gasteiger partial charge in [-0.3, -0.25) is 4.79 Å². The molecule has 0 aromatic heterocycles. The molecule has 0 saturated carbocycles. The molecule has 1 aliphatic heterocycles. The number of ether oxygens (including phenoxy) is 2. The van der Waals surface area contributed by atoms with Gasteiger partial charge in [0, 0.05) is 26.2 Å². The average molecular weight is 539 g/mol. The van der Waals surface area contributed by atoms with E-state index in [0.29, 0.717) is 6.42 Å². The number of likely N-dealkylation sites (N-methyl/N-ethyl adjacent to an activating group) is 1. The van der Waals surface area contributed by atoms with Gasteiger partial charge in [0.05, 0.1) is 24.2 Å². The quantitative estimate of drug-likeness (QED) is 0.419. The van der Waals surface area contributed by atoms with Crippen LogP contribution in [0.15, 0.2) is 53.4 Å². The number of rotatable bonds is 10. The molecule has 0 bridgehead atoms. The topological polar surface area (TPSA) is 127 Å². The molecule has 0 N–H and O–H groups in total. The second-order valence-electron chi connectivity index (χ2n) is 8.43. The maximum absolute atomic E-state index is 13.3. The number of sulfone groups is 1. The van der Waals surface area contributed by atoms with Gasteiger partial charge >= 0.3 is 5.97 Å². The molecule has 2 aromatic rings. The molecule has 1 heterocycles. The van der Waals surface area contributed by atoms with Gasteiger partial charge in [0.25, 0.3) is 5.91 Å². The Morgan fingerprint density at radius 3 is 2.39 bits per heavy atom. The molecule has 12 heteroatoms. The van der Waals surface area contributed by atoms with Gasteiger partial charge in [0.1, 0.15) is 10.6 Å². The van der Waals surface area contributed by atoms with Gasteiger partial charge in [-0.2, -0.15) is 4.31 Å². The summed E-state index contributed by atoms with van der Waals surface area (Å²) in [6.45, 7) is 1.51. The molecule has 1 amide bonds. The second-order valence-corrected chi connectivity index (χ2v) is 12.7. The number of amides is 1. The van der Waals surface area contributed by atoms with E-state index in [2.05, 4.69) is 0 Å². The monoisotopic (exact) mass is 538 g/mol. The number of hydrogen-bond donors (Lipinski definition) is 0. The molecule has 0 spiro atoms. The highest BCUT2D eigenvalue weighted by molar-refractivity contribution is 7.91. The number of carbonyl (C=O) groups is 2. The number of benzene rings is 2. The van der Waals surface area contributed by atoms with Crippen molar-refractivity contribution in [2.24, 2.45) is 0 Å². The summed E-state index contributed by atoms with van der Waals surface area (Å²) in [5, 5.41) is 0. The third-order valence-corrected chi connectivity index (χ3v) is 9.55. The number of nitrogens with zero attached hydrogens (tertiary/aromatic N) is 2. The third-order valence-electron chi connectivity index (χ3n) is 5.97. The van der Waals surface area contributed by atoms with E-state index in [1.54, 1.807) is 31.2 Å². The van der Waals surface area contributed by atoms with Crippen LogP contribution in [0.4, 0.5) is 0 Å². The van der Waals surface area contributed by atoms with Crippen molar-refractivity contribution in [1.29, 1.82) is 0 Å². The van der Waals surface area contributed by atoms with Gasteiger partial charge in [0.2, 0.25) is 10.0 Å². The van der Waals surface area contributed by atoms with Crippen molar-refractivity contribution in [3.05, 3.63) is 59.7 Å². The van der Waals surface area contributed by atoms with Crippen molar-refractivity contribution in [2.45, 2.75) is 30.8 Å². The lowest BCUT2D eigenvalue weighted by Crippen LogP contribution is -2.43. The number of esters is 1. The molecule has 1 aliphatic rings. The molecule has 2 aromatic carbocycles. The first kappa shape index (κ1) is 27.6. The first-order valence-electron chi connectivity index (χ1n) is 11.3. The Hall–Kier alpha value is -2.96. The van der Waals surface area contributed by atoms with E-state index in [4.69, 9.17) is 9.47 Å². The molecule has 1 fully saturated rings. The Labute approximate surface area is 211 Å². The van der Waals surface area contributed by atoms with Crippen LogP contribution in [0.2, 0.25) is 0 Å². The summed E-state index contributed by atoms with van der Waals surface area (Å²) in [5.74, 6) is -1.44. The Morgan fingerprint density at radius 1 is 1.11 bits per heavy atom. The van der Waals surface area contributed by atoms with Crippen molar-refractivity contribution in [1.82, 2.24) is 9.21 Å². The van der Waals surface area contributed by atoms with Crippen molar-refractivity contribution in [2.75, 3.05) is 38.8 Å². The van der Waals surface area contributed by atoms with E-state index in [1.807, 2.05) is 6.07 Å². The normalized spacial score (nSPS) is 17.1. The molecule has 10 nitrogen and oxygen atoms in total. The molecular formula is C24H30N2O8S2. The molecule has 0 unspecified atom stereocenters. The predicted molar refractivity (Wildman–Crippen MR) is 133 cm³/mol. The SMILES string of the molecule is CCN(C(=O)COC(=O)c1ccc(OC)c(S(=O)(=O)N(C)Cc2ccccc2)c1)[C@H]1CCS(=O)(=O)C1. The summed E-state index contributed by atoms with van der Waals surface area (Å²) in [5.41, 5.74) is 0.717. The highest BCUT2D eigenvalue weighted by Crippen LogP contribution is 2.28.